The molecule has 0 unspecified atom stereocenters. The summed E-state index contributed by atoms with van der Waals surface area (Å²) in [6, 6.07) is -2.60. The van der Waals surface area contributed by atoms with Crippen LogP contribution in [-0.4, -0.2) is 17.9 Å². The molecule has 3 heteroatoms. The van der Waals surface area contributed by atoms with E-state index in [1.165, 1.54) is 5.57 Å². The number of fused-ring (bicyclic) bond motifs is 5. The second-order valence-electron chi connectivity index (χ2n) is 9.62. The highest BCUT2D eigenvalue weighted by Crippen LogP contribution is 2.64. The molecular formula is C26H30O3. The molecule has 3 nitrogen and oxygen atoms in total. The van der Waals surface area contributed by atoms with E-state index in [9.17, 15) is 9.59 Å². The third kappa shape index (κ3) is 2.85. The normalized spacial score (nSPS) is 42.9. The Kier molecular flexibility index (Phi) is 3.22. The maximum Gasteiger partial charge on any atom is 0.338 e. The van der Waals surface area contributed by atoms with E-state index in [1.807, 2.05) is 6.08 Å². The summed E-state index contributed by atoms with van der Waals surface area (Å²) in [6.07, 6.45) is 10.7. The van der Waals surface area contributed by atoms with Crippen molar-refractivity contribution >= 4 is 11.8 Å². The number of carbonyl (C=O) groups is 2. The van der Waals surface area contributed by atoms with Crippen LogP contribution in [0.2, 0.25) is 0 Å². The number of rotatable bonds is 2. The molecule has 0 amide bonds. The second kappa shape index (κ2) is 6.68. The van der Waals surface area contributed by atoms with Gasteiger partial charge < -0.3 is 4.74 Å². The average molecular weight is 396 g/mol. The lowest BCUT2D eigenvalue weighted by atomic mass is 9.48. The van der Waals surface area contributed by atoms with Crippen LogP contribution in [-0.2, 0) is 9.53 Å². The number of esters is 1. The molecule has 3 fully saturated rings. The Hall–Kier alpha value is -2.16. The molecule has 4 aliphatic rings. The van der Waals surface area contributed by atoms with E-state index < -0.39 is 36.2 Å². The molecule has 0 bridgehead atoms. The van der Waals surface area contributed by atoms with Crippen molar-refractivity contribution in [3.63, 3.8) is 0 Å². The summed E-state index contributed by atoms with van der Waals surface area (Å²) in [5, 5.41) is 0. The fraction of sp³-hybridized carbons (Fsp3) is 0.538. The number of benzene rings is 1. The molecule has 29 heavy (non-hydrogen) atoms. The van der Waals surface area contributed by atoms with Gasteiger partial charge in [0.1, 0.15) is 6.10 Å². The van der Waals surface area contributed by atoms with E-state index >= 15 is 0 Å². The van der Waals surface area contributed by atoms with Gasteiger partial charge in [0.25, 0.3) is 0 Å². The highest BCUT2D eigenvalue weighted by molar-refractivity contribution is 6.01. The van der Waals surface area contributed by atoms with Gasteiger partial charge in [-0.3, -0.25) is 4.79 Å². The Bertz CT molecular complexity index is 1130. The molecule has 0 heterocycles. The molecule has 0 saturated heterocycles. The fourth-order valence-electron chi connectivity index (χ4n) is 6.88. The minimum atomic E-state index is -0.833. The summed E-state index contributed by atoms with van der Waals surface area (Å²) in [6.45, 7) is 4.45. The minimum Gasteiger partial charge on any atom is -0.458 e. The van der Waals surface area contributed by atoms with Crippen LogP contribution in [0.5, 0.6) is 0 Å². The summed E-state index contributed by atoms with van der Waals surface area (Å²) in [5.41, 5.74) is 0.548. The smallest absolute Gasteiger partial charge is 0.338 e. The monoisotopic (exact) mass is 395 g/mol. The molecule has 4 aliphatic carbocycles. The van der Waals surface area contributed by atoms with Crippen molar-refractivity contribution in [1.29, 1.82) is 0 Å². The van der Waals surface area contributed by atoms with E-state index in [1.54, 1.807) is 6.08 Å². The molecule has 0 radical (unpaired) electrons. The van der Waals surface area contributed by atoms with Gasteiger partial charge in [-0.05, 0) is 80.5 Å². The standard InChI is InChI=1S/C26H30O3/c1-25-14-12-19(27)16-18(25)8-9-20-21-10-11-23(26(21,2)15-13-22(20)25)29-24(28)17-6-4-3-5-7-17/h3-7,12,14,16,20-23H,8-11,13,15H2,1-2H3/t20-,21-,22-,23-,25-,26-/m0/s1/i3D,4D,5D,6D,7D. The summed E-state index contributed by atoms with van der Waals surface area (Å²) in [4.78, 5) is 25.0. The number of allylic oxidation sites excluding steroid dienone is 4. The summed E-state index contributed by atoms with van der Waals surface area (Å²) >= 11 is 0. The van der Waals surface area contributed by atoms with Gasteiger partial charge in [-0.2, -0.15) is 0 Å². The zero-order valence-corrected chi connectivity index (χ0v) is 17.0. The van der Waals surface area contributed by atoms with Gasteiger partial charge in [0.15, 0.2) is 5.78 Å². The van der Waals surface area contributed by atoms with Gasteiger partial charge in [-0.15, -0.1) is 0 Å². The maximum absolute atomic E-state index is 13.1. The lowest BCUT2D eigenvalue weighted by Crippen LogP contribution is -2.51. The van der Waals surface area contributed by atoms with Crippen molar-refractivity contribution in [2.24, 2.45) is 28.6 Å². The van der Waals surface area contributed by atoms with Gasteiger partial charge in [-0.1, -0.05) is 43.6 Å². The average Bonchev–Trinajstić information content (AvgIpc) is 3.13. The van der Waals surface area contributed by atoms with E-state index in [0.29, 0.717) is 24.2 Å². The Morgan fingerprint density at radius 3 is 2.69 bits per heavy atom. The number of hydrogen-bond donors (Lipinski definition) is 0. The first-order valence-electron chi connectivity index (χ1n) is 13.2. The third-order valence-electron chi connectivity index (χ3n) is 8.42. The first kappa shape index (κ1) is 14.0. The van der Waals surface area contributed by atoms with Crippen molar-refractivity contribution in [2.45, 2.75) is 58.5 Å². The van der Waals surface area contributed by atoms with E-state index in [0.717, 1.165) is 32.1 Å². The molecular weight excluding hydrogens is 360 g/mol. The molecule has 5 rings (SSSR count). The fourth-order valence-corrected chi connectivity index (χ4v) is 6.88. The van der Waals surface area contributed by atoms with Crippen LogP contribution >= 0.6 is 0 Å². The number of ether oxygens (including phenoxy) is 1. The van der Waals surface area contributed by atoms with E-state index in [4.69, 9.17) is 11.6 Å². The summed E-state index contributed by atoms with van der Waals surface area (Å²) < 4.78 is 45.6. The number of carbonyl (C=O) groups excluding carboxylic acids is 2. The quantitative estimate of drug-likeness (QED) is 0.619. The van der Waals surface area contributed by atoms with Crippen molar-refractivity contribution in [3.8, 4) is 0 Å². The predicted octanol–water partition coefficient (Wildman–Crippen LogP) is 5.52. The number of ketones is 1. The Morgan fingerprint density at radius 2 is 1.90 bits per heavy atom. The summed E-state index contributed by atoms with van der Waals surface area (Å²) in [7, 11) is 0. The highest BCUT2D eigenvalue weighted by atomic mass is 16.5. The van der Waals surface area contributed by atoms with Gasteiger partial charge in [0.05, 0.1) is 12.4 Å². The van der Waals surface area contributed by atoms with Gasteiger partial charge in [-0.25, -0.2) is 4.79 Å². The lowest BCUT2D eigenvalue weighted by molar-refractivity contribution is -0.111. The van der Waals surface area contributed by atoms with E-state index in [-0.39, 0.29) is 28.3 Å². The number of hydrogen-bond acceptors (Lipinski definition) is 3. The van der Waals surface area contributed by atoms with Crippen LogP contribution in [0.4, 0.5) is 0 Å². The zero-order chi connectivity index (χ0) is 24.6. The van der Waals surface area contributed by atoms with Crippen molar-refractivity contribution < 1.29 is 21.2 Å². The first-order valence-corrected chi connectivity index (χ1v) is 10.7. The molecule has 3 saturated carbocycles. The summed E-state index contributed by atoms with van der Waals surface area (Å²) in [5.74, 6) is 0.551. The van der Waals surface area contributed by atoms with Crippen LogP contribution in [0, 0.1) is 28.6 Å². The van der Waals surface area contributed by atoms with Gasteiger partial charge >= 0.3 is 5.97 Å². The molecule has 6 atom stereocenters. The Balaban J connectivity index is 1.40. The molecule has 1 aromatic rings. The largest absolute Gasteiger partial charge is 0.458 e. The van der Waals surface area contributed by atoms with Crippen LogP contribution in [0.15, 0.2) is 54.0 Å². The first-order chi connectivity index (χ1) is 16.0. The lowest BCUT2D eigenvalue weighted by Gasteiger charge is -2.56. The van der Waals surface area contributed by atoms with Crippen LogP contribution in [0.25, 0.3) is 0 Å². The SMILES string of the molecule is [2H]c1c([2H])c([2H])c(C(=O)O[C@H]2CC[C@H]3[C@@H]4CCC5=CC(=O)C=C[C@]5(C)[C@H]4CC[C@]23C)c([2H])c1[2H]. The van der Waals surface area contributed by atoms with E-state index in [2.05, 4.69) is 19.9 Å². The molecule has 0 N–H and O–H groups in total. The van der Waals surface area contributed by atoms with Crippen LogP contribution in [0.1, 0.15) is 69.6 Å². The van der Waals surface area contributed by atoms with Crippen LogP contribution < -0.4 is 0 Å². The molecule has 0 aromatic heterocycles. The molecule has 1 aromatic carbocycles. The van der Waals surface area contributed by atoms with Crippen LogP contribution in [0.3, 0.4) is 0 Å². The maximum atomic E-state index is 13.1. The predicted molar refractivity (Wildman–Crippen MR) is 112 cm³/mol. The Labute approximate surface area is 180 Å². The van der Waals surface area contributed by atoms with Crippen molar-refractivity contribution in [3.05, 3.63) is 59.6 Å². The highest BCUT2D eigenvalue weighted by Gasteiger charge is 2.59. The van der Waals surface area contributed by atoms with Crippen molar-refractivity contribution in [2.75, 3.05) is 0 Å². The van der Waals surface area contributed by atoms with Gasteiger partial charge in [0, 0.05) is 10.8 Å². The topological polar surface area (TPSA) is 43.4 Å². The Morgan fingerprint density at radius 1 is 1.10 bits per heavy atom. The molecule has 152 valence electrons. The van der Waals surface area contributed by atoms with Crippen molar-refractivity contribution in [1.82, 2.24) is 0 Å². The zero-order valence-electron chi connectivity index (χ0n) is 22.0. The molecule has 0 aliphatic heterocycles. The molecule has 0 spiro atoms. The second-order valence-corrected chi connectivity index (χ2v) is 9.62. The third-order valence-corrected chi connectivity index (χ3v) is 8.42. The van der Waals surface area contributed by atoms with Gasteiger partial charge in [0.2, 0.25) is 0 Å². The minimum absolute atomic E-state index is 0.0760.